The summed E-state index contributed by atoms with van der Waals surface area (Å²) in [4.78, 5) is 7.56. The molecule has 0 radical (unpaired) electrons. The van der Waals surface area contributed by atoms with Crippen LogP contribution in [0.4, 0.5) is 24.7 Å². The maximum absolute atomic E-state index is 12.8. The van der Waals surface area contributed by atoms with E-state index in [1.165, 1.54) is 24.7 Å². The second-order valence-electron chi connectivity index (χ2n) is 3.84. The number of nitrogen functional groups attached to an aromatic ring is 1. The third kappa shape index (κ3) is 3.12. The first-order chi connectivity index (χ1) is 8.98. The molecular formula is C12H11F3N4. The van der Waals surface area contributed by atoms with E-state index in [1.54, 1.807) is 6.07 Å². The van der Waals surface area contributed by atoms with E-state index in [4.69, 9.17) is 5.73 Å². The number of aromatic nitrogens is 2. The van der Waals surface area contributed by atoms with Gasteiger partial charge >= 0.3 is 6.18 Å². The van der Waals surface area contributed by atoms with Crippen LogP contribution >= 0.6 is 0 Å². The van der Waals surface area contributed by atoms with Gasteiger partial charge in [0.2, 0.25) is 0 Å². The van der Waals surface area contributed by atoms with Crippen molar-refractivity contribution in [3.63, 3.8) is 0 Å². The lowest BCUT2D eigenvalue weighted by Crippen LogP contribution is -2.12. The Morgan fingerprint density at radius 1 is 1.21 bits per heavy atom. The molecule has 0 amide bonds. The molecule has 7 heteroatoms. The molecule has 0 saturated carbocycles. The van der Waals surface area contributed by atoms with E-state index in [2.05, 4.69) is 15.3 Å². The van der Waals surface area contributed by atoms with Gasteiger partial charge in [-0.25, -0.2) is 9.97 Å². The fourth-order valence-corrected chi connectivity index (χ4v) is 1.62. The Morgan fingerprint density at radius 2 is 1.95 bits per heavy atom. The first-order valence-electron chi connectivity index (χ1n) is 5.43. The van der Waals surface area contributed by atoms with Crippen molar-refractivity contribution >= 4 is 11.5 Å². The van der Waals surface area contributed by atoms with Gasteiger partial charge in [-0.3, -0.25) is 0 Å². The zero-order chi connectivity index (χ0) is 13.9. The van der Waals surface area contributed by atoms with Crippen molar-refractivity contribution in [1.82, 2.24) is 9.97 Å². The quantitative estimate of drug-likeness (QED) is 0.898. The van der Waals surface area contributed by atoms with Crippen LogP contribution in [0.25, 0.3) is 0 Å². The van der Waals surface area contributed by atoms with Gasteiger partial charge in [0, 0.05) is 6.54 Å². The first-order valence-corrected chi connectivity index (χ1v) is 5.43. The molecule has 19 heavy (non-hydrogen) atoms. The Labute approximate surface area is 107 Å². The highest BCUT2D eigenvalue weighted by Crippen LogP contribution is 2.32. The van der Waals surface area contributed by atoms with E-state index in [9.17, 15) is 13.2 Å². The molecule has 1 aromatic carbocycles. The van der Waals surface area contributed by atoms with E-state index in [0.717, 1.165) is 6.07 Å². The van der Waals surface area contributed by atoms with Crippen LogP contribution < -0.4 is 11.1 Å². The van der Waals surface area contributed by atoms with Gasteiger partial charge in [0.15, 0.2) is 5.82 Å². The van der Waals surface area contributed by atoms with Crippen LogP contribution in [0.2, 0.25) is 0 Å². The molecule has 100 valence electrons. The van der Waals surface area contributed by atoms with Crippen LogP contribution in [-0.4, -0.2) is 9.97 Å². The highest BCUT2D eigenvalue weighted by molar-refractivity contribution is 5.59. The third-order valence-electron chi connectivity index (χ3n) is 2.51. The summed E-state index contributed by atoms with van der Waals surface area (Å²) in [6.45, 7) is -0.0170. The summed E-state index contributed by atoms with van der Waals surface area (Å²) in [6, 6.07) is 5.36. The Morgan fingerprint density at radius 3 is 2.63 bits per heavy atom. The molecule has 0 saturated heterocycles. The molecule has 0 fully saturated rings. The summed E-state index contributed by atoms with van der Waals surface area (Å²) in [5.41, 5.74) is 5.34. The summed E-state index contributed by atoms with van der Waals surface area (Å²) in [7, 11) is 0. The summed E-state index contributed by atoms with van der Waals surface area (Å²) in [6.07, 6.45) is -1.73. The standard InChI is InChI=1S/C12H11F3N4/c13-12(14,15)9-4-2-1-3-8(9)5-18-11-10(16)6-17-7-19-11/h1-4,6-7H,5,16H2,(H,17,18,19). The number of rotatable bonds is 3. The van der Waals surface area contributed by atoms with Crippen LogP contribution in [0.1, 0.15) is 11.1 Å². The summed E-state index contributed by atoms with van der Waals surface area (Å²) >= 11 is 0. The van der Waals surface area contributed by atoms with Crippen molar-refractivity contribution in [1.29, 1.82) is 0 Å². The van der Waals surface area contributed by atoms with E-state index >= 15 is 0 Å². The summed E-state index contributed by atoms with van der Waals surface area (Å²) in [5.74, 6) is 0.312. The van der Waals surface area contributed by atoms with Crippen LogP contribution in [0.15, 0.2) is 36.8 Å². The summed E-state index contributed by atoms with van der Waals surface area (Å²) < 4.78 is 38.3. The Hall–Kier alpha value is -2.31. The molecule has 0 aliphatic rings. The Balaban J connectivity index is 2.19. The minimum absolute atomic E-state index is 0.0170. The number of nitrogens with one attached hydrogen (secondary N) is 1. The minimum Gasteiger partial charge on any atom is -0.394 e. The number of hydrogen-bond donors (Lipinski definition) is 2. The predicted octanol–water partition coefficient (Wildman–Crippen LogP) is 2.69. The second-order valence-corrected chi connectivity index (χ2v) is 3.84. The van der Waals surface area contributed by atoms with Crippen LogP contribution in [0.3, 0.4) is 0 Å². The molecular weight excluding hydrogens is 257 g/mol. The fraction of sp³-hybridized carbons (Fsp3) is 0.167. The first kappa shape index (κ1) is 13.1. The van der Waals surface area contributed by atoms with Crippen molar-refractivity contribution in [3.05, 3.63) is 47.9 Å². The Bertz CT molecular complexity index is 569. The van der Waals surface area contributed by atoms with E-state index in [1.807, 2.05) is 0 Å². The number of alkyl halides is 3. The molecule has 1 heterocycles. The minimum atomic E-state index is -4.38. The molecule has 0 spiro atoms. The second kappa shape index (κ2) is 5.13. The van der Waals surface area contributed by atoms with Gasteiger partial charge in [-0.2, -0.15) is 13.2 Å². The van der Waals surface area contributed by atoms with E-state index in [-0.39, 0.29) is 17.8 Å². The molecule has 1 aromatic heterocycles. The fourth-order valence-electron chi connectivity index (χ4n) is 1.62. The maximum atomic E-state index is 12.8. The van der Waals surface area contributed by atoms with Gasteiger partial charge in [0.05, 0.1) is 17.4 Å². The van der Waals surface area contributed by atoms with Crippen molar-refractivity contribution in [2.24, 2.45) is 0 Å². The average Bonchev–Trinajstić information content (AvgIpc) is 2.37. The highest BCUT2D eigenvalue weighted by atomic mass is 19.4. The molecule has 0 bridgehead atoms. The van der Waals surface area contributed by atoms with Crippen LogP contribution in [-0.2, 0) is 12.7 Å². The van der Waals surface area contributed by atoms with Crippen molar-refractivity contribution in [3.8, 4) is 0 Å². The zero-order valence-corrected chi connectivity index (χ0v) is 9.78. The molecule has 0 atom stereocenters. The van der Waals surface area contributed by atoms with Crippen LogP contribution in [0.5, 0.6) is 0 Å². The lowest BCUT2D eigenvalue weighted by molar-refractivity contribution is -0.138. The molecule has 3 N–H and O–H groups in total. The SMILES string of the molecule is Nc1cncnc1NCc1ccccc1C(F)(F)F. The average molecular weight is 268 g/mol. The van der Waals surface area contributed by atoms with Gasteiger partial charge in [-0.1, -0.05) is 18.2 Å². The lowest BCUT2D eigenvalue weighted by atomic mass is 10.1. The predicted molar refractivity (Wildman–Crippen MR) is 65.2 cm³/mol. The number of hydrogen-bond acceptors (Lipinski definition) is 4. The lowest BCUT2D eigenvalue weighted by Gasteiger charge is -2.13. The van der Waals surface area contributed by atoms with Gasteiger partial charge in [0.25, 0.3) is 0 Å². The topological polar surface area (TPSA) is 63.8 Å². The smallest absolute Gasteiger partial charge is 0.394 e. The number of nitrogens with two attached hydrogens (primary N) is 1. The zero-order valence-electron chi connectivity index (χ0n) is 9.78. The molecule has 4 nitrogen and oxygen atoms in total. The van der Waals surface area contributed by atoms with Gasteiger partial charge < -0.3 is 11.1 Å². The molecule has 0 aliphatic heterocycles. The Kier molecular flexibility index (Phi) is 3.55. The largest absolute Gasteiger partial charge is 0.416 e. The van der Waals surface area contributed by atoms with Gasteiger partial charge in [-0.15, -0.1) is 0 Å². The van der Waals surface area contributed by atoms with Crippen molar-refractivity contribution in [2.45, 2.75) is 12.7 Å². The van der Waals surface area contributed by atoms with E-state index in [0.29, 0.717) is 5.82 Å². The van der Waals surface area contributed by atoms with Gasteiger partial charge in [0.1, 0.15) is 6.33 Å². The number of anilines is 2. The summed E-state index contributed by atoms with van der Waals surface area (Å²) in [5, 5.41) is 2.77. The monoisotopic (exact) mass is 268 g/mol. The number of benzene rings is 1. The maximum Gasteiger partial charge on any atom is 0.416 e. The van der Waals surface area contributed by atoms with Crippen LogP contribution in [0, 0.1) is 0 Å². The molecule has 2 aromatic rings. The van der Waals surface area contributed by atoms with Gasteiger partial charge in [-0.05, 0) is 11.6 Å². The molecule has 0 unspecified atom stereocenters. The molecule has 2 rings (SSSR count). The third-order valence-corrected chi connectivity index (χ3v) is 2.51. The van der Waals surface area contributed by atoms with E-state index < -0.39 is 11.7 Å². The number of nitrogens with zero attached hydrogens (tertiary/aromatic N) is 2. The van der Waals surface area contributed by atoms with Crippen molar-refractivity contribution < 1.29 is 13.2 Å². The highest BCUT2D eigenvalue weighted by Gasteiger charge is 2.32. The number of halogens is 3. The van der Waals surface area contributed by atoms with Crippen molar-refractivity contribution in [2.75, 3.05) is 11.1 Å². The normalized spacial score (nSPS) is 11.3. The molecule has 0 aliphatic carbocycles.